The van der Waals surface area contributed by atoms with Gasteiger partial charge in [-0.2, -0.15) is 0 Å². The second-order valence-electron chi connectivity index (χ2n) is 4.02. The van der Waals surface area contributed by atoms with Crippen molar-refractivity contribution in [2.24, 2.45) is 5.92 Å². The molecule has 1 aliphatic rings. The molecule has 2 N–H and O–H groups in total. The third-order valence-corrected chi connectivity index (χ3v) is 2.92. The van der Waals surface area contributed by atoms with E-state index in [1.165, 1.54) is 19.3 Å². The molecule has 0 aromatic heterocycles. The molecule has 2 nitrogen and oxygen atoms in total. The first-order chi connectivity index (χ1) is 6.11. The van der Waals surface area contributed by atoms with Gasteiger partial charge in [-0.25, -0.2) is 0 Å². The van der Waals surface area contributed by atoms with Gasteiger partial charge in [0.2, 0.25) is 0 Å². The largest absolute Gasteiger partial charge is 0.512 e. The normalized spacial score (nSPS) is 19.2. The average Bonchev–Trinajstić information content (AvgIpc) is 1.92. The molecule has 0 heterocycles. The van der Waals surface area contributed by atoms with Crippen molar-refractivity contribution in [1.82, 2.24) is 0 Å². The van der Waals surface area contributed by atoms with E-state index in [0.29, 0.717) is 11.5 Å². The topological polar surface area (TPSA) is 44.1 Å². The summed E-state index contributed by atoms with van der Waals surface area (Å²) < 4.78 is 0. The molecule has 1 saturated carbocycles. The molecule has 0 unspecified atom stereocenters. The Balaban J connectivity index is 2.39. The molecule has 0 aromatic rings. The smallest absolute Gasteiger partial charge is 0.0941 e. The van der Waals surface area contributed by atoms with Crippen LogP contribution in [0.25, 0.3) is 0 Å². The van der Waals surface area contributed by atoms with Crippen molar-refractivity contribution < 1.29 is 5.11 Å². The average molecular weight is 181 g/mol. The minimum atomic E-state index is 0.326. The van der Waals surface area contributed by atoms with Crippen molar-refractivity contribution in [3.63, 3.8) is 0 Å². The van der Waals surface area contributed by atoms with Crippen molar-refractivity contribution in [2.75, 3.05) is 0 Å². The summed E-state index contributed by atoms with van der Waals surface area (Å²) in [6.07, 6.45) is 6.07. The molecule has 2 heteroatoms. The molecule has 13 heavy (non-hydrogen) atoms. The molecule has 0 aliphatic heterocycles. The Bertz CT molecular complexity index is 222. The van der Waals surface area contributed by atoms with E-state index >= 15 is 0 Å². The maximum atomic E-state index is 9.32. The molecule has 74 valence electrons. The summed E-state index contributed by atoms with van der Waals surface area (Å²) in [5.74, 6) is 1.18. The molecule has 0 amide bonds. The number of aliphatic hydroxyl groups is 1. The summed E-state index contributed by atoms with van der Waals surface area (Å²) in [6, 6.07) is 0. The molecule has 1 fully saturated rings. The molecular formula is C11H19NO. The second kappa shape index (κ2) is 4.45. The van der Waals surface area contributed by atoms with Crippen LogP contribution < -0.4 is 0 Å². The van der Waals surface area contributed by atoms with E-state index in [0.717, 1.165) is 24.3 Å². The van der Waals surface area contributed by atoms with Crippen LogP contribution in [0, 0.1) is 11.3 Å². The quantitative estimate of drug-likeness (QED) is 0.506. The van der Waals surface area contributed by atoms with Crippen LogP contribution in [0.1, 0.15) is 46.0 Å². The first-order valence-corrected chi connectivity index (χ1v) is 5.05. The maximum Gasteiger partial charge on any atom is 0.0941 e. The van der Waals surface area contributed by atoms with E-state index < -0.39 is 0 Å². The zero-order valence-corrected chi connectivity index (χ0v) is 8.56. The summed E-state index contributed by atoms with van der Waals surface area (Å²) in [4.78, 5) is 0. The van der Waals surface area contributed by atoms with Crippen LogP contribution in [0.15, 0.2) is 11.3 Å². The van der Waals surface area contributed by atoms with Crippen LogP contribution in [0.3, 0.4) is 0 Å². The van der Waals surface area contributed by atoms with Crippen molar-refractivity contribution in [2.45, 2.75) is 46.0 Å². The molecule has 1 rings (SSSR count). The molecular weight excluding hydrogens is 162 g/mol. The van der Waals surface area contributed by atoms with Gasteiger partial charge in [-0.05, 0) is 32.6 Å². The monoisotopic (exact) mass is 181 g/mol. The zero-order chi connectivity index (χ0) is 9.84. The standard InChI is InChI=1S/C11H19NO/c1-8(12)11(9(2)13)7-6-10-4-3-5-10/h10,12-13H,3-7H2,1-2H3/b11-9-,12-8?. The summed E-state index contributed by atoms with van der Waals surface area (Å²) >= 11 is 0. The molecule has 0 spiro atoms. The lowest BCUT2D eigenvalue weighted by atomic mass is 9.81. The van der Waals surface area contributed by atoms with Crippen LogP contribution in [-0.2, 0) is 0 Å². The SMILES string of the molecule is CC(=N)/C(CCC1CCC1)=C(/C)O. The number of rotatable bonds is 4. The molecule has 1 aliphatic carbocycles. The van der Waals surface area contributed by atoms with E-state index in [2.05, 4.69) is 0 Å². The predicted molar refractivity (Wildman–Crippen MR) is 55.3 cm³/mol. The van der Waals surface area contributed by atoms with Gasteiger partial charge >= 0.3 is 0 Å². The van der Waals surface area contributed by atoms with Gasteiger partial charge in [0.25, 0.3) is 0 Å². The van der Waals surface area contributed by atoms with Crippen LogP contribution in [0.4, 0.5) is 0 Å². The number of allylic oxidation sites excluding steroid dienone is 2. The van der Waals surface area contributed by atoms with Gasteiger partial charge in [0.15, 0.2) is 0 Å². The van der Waals surface area contributed by atoms with Gasteiger partial charge in [0.1, 0.15) is 0 Å². The van der Waals surface area contributed by atoms with Crippen LogP contribution >= 0.6 is 0 Å². The molecule has 0 aromatic carbocycles. The summed E-state index contributed by atoms with van der Waals surface area (Å²) in [7, 11) is 0. The highest BCUT2D eigenvalue weighted by atomic mass is 16.3. The first-order valence-electron chi connectivity index (χ1n) is 5.05. The summed E-state index contributed by atoms with van der Waals surface area (Å²) in [5, 5.41) is 16.8. The maximum absolute atomic E-state index is 9.32. The minimum Gasteiger partial charge on any atom is -0.512 e. The van der Waals surface area contributed by atoms with Crippen LogP contribution in [0.2, 0.25) is 0 Å². The van der Waals surface area contributed by atoms with Gasteiger partial charge in [0, 0.05) is 11.3 Å². The van der Waals surface area contributed by atoms with Gasteiger partial charge in [0.05, 0.1) is 5.76 Å². The number of hydrogen-bond donors (Lipinski definition) is 2. The Hall–Kier alpha value is -0.790. The lowest BCUT2D eigenvalue weighted by Crippen LogP contribution is -2.12. The Labute approximate surface area is 80.2 Å². The Kier molecular flexibility index (Phi) is 3.52. The fourth-order valence-corrected chi connectivity index (χ4v) is 1.77. The van der Waals surface area contributed by atoms with E-state index in [9.17, 15) is 5.11 Å². The highest BCUT2D eigenvalue weighted by molar-refractivity contribution is 5.95. The number of hydrogen-bond acceptors (Lipinski definition) is 2. The third-order valence-electron chi connectivity index (χ3n) is 2.92. The summed E-state index contributed by atoms with van der Waals surface area (Å²) in [6.45, 7) is 3.42. The molecule has 0 radical (unpaired) electrons. The first kappa shape index (κ1) is 10.3. The predicted octanol–water partition coefficient (Wildman–Crippen LogP) is 3.44. The Morgan fingerprint density at radius 2 is 2.00 bits per heavy atom. The highest BCUT2D eigenvalue weighted by Gasteiger charge is 2.18. The van der Waals surface area contributed by atoms with Gasteiger partial charge < -0.3 is 10.5 Å². The third kappa shape index (κ3) is 2.87. The number of nitrogens with one attached hydrogen (secondary N) is 1. The molecule has 0 atom stereocenters. The van der Waals surface area contributed by atoms with Gasteiger partial charge in [-0.15, -0.1) is 0 Å². The van der Waals surface area contributed by atoms with Gasteiger partial charge in [-0.1, -0.05) is 19.3 Å². The molecule has 0 bridgehead atoms. The molecule has 0 saturated heterocycles. The van der Waals surface area contributed by atoms with Crippen LogP contribution in [0.5, 0.6) is 0 Å². The number of aliphatic hydroxyl groups excluding tert-OH is 1. The fraction of sp³-hybridized carbons (Fsp3) is 0.727. The lowest BCUT2D eigenvalue weighted by molar-refractivity contribution is 0.295. The van der Waals surface area contributed by atoms with Crippen molar-refractivity contribution in [1.29, 1.82) is 5.41 Å². The van der Waals surface area contributed by atoms with Crippen LogP contribution in [-0.4, -0.2) is 10.8 Å². The fourth-order valence-electron chi connectivity index (χ4n) is 1.77. The van der Waals surface area contributed by atoms with Crippen molar-refractivity contribution in [3.05, 3.63) is 11.3 Å². The zero-order valence-electron chi connectivity index (χ0n) is 8.56. The minimum absolute atomic E-state index is 0.326. The van der Waals surface area contributed by atoms with Crippen molar-refractivity contribution >= 4 is 5.71 Å². The Morgan fingerprint density at radius 1 is 1.38 bits per heavy atom. The van der Waals surface area contributed by atoms with Gasteiger partial charge in [-0.3, -0.25) is 0 Å². The van der Waals surface area contributed by atoms with Crippen molar-refractivity contribution in [3.8, 4) is 0 Å². The van der Waals surface area contributed by atoms with E-state index in [1.54, 1.807) is 13.8 Å². The van der Waals surface area contributed by atoms with E-state index in [1.807, 2.05) is 0 Å². The highest BCUT2D eigenvalue weighted by Crippen LogP contribution is 2.31. The van der Waals surface area contributed by atoms with E-state index in [-0.39, 0.29) is 0 Å². The lowest BCUT2D eigenvalue weighted by Gasteiger charge is -2.25. The van der Waals surface area contributed by atoms with E-state index in [4.69, 9.17) is 5.41 Å². The Morgan fingerprint density at radius 3 is 2.31 bits per heavy atom. The second-order valence-corrected chi connectivity index (χ2v) is 4.02. The summed E-state index contributed by atoms with van der Waals surface area (Å²) in [5.41, 5.74) is 1.35.